The van der Waals surface area contributed by atoms with Gasteiger partial charge in [-0.15, -0.1) is 0 Å². The molecule has 1 saturated carbocycles. The Kier molecular flexibility index (Phi) is 5.58. The summed E-state index contributed by atoms with van der Waals surface area (Å²) in [5, 5.41) is 12.4. The Labute approximate surface area is 174 Å². The molecule has 0 unspecified atom stereocenters. The van der Waals surface area contributed by atoms with Crippen LogP contribution in [0.2, 0.25) is 0 Å². The number of nitrogens with one attached hydrogen (secondary N) is 1. The van der Waals surface area contributed by atoms with Crippen LogP contribution in [0.5, 0.6) is 5.75 Å². The van der Waals surface area contributed by atoms with Crippen LogP contribution in [0, 0.1) is 11.7 Å². The maximum absolute atomic E-state index is 15.2. The third-order valence-electron chi connectivity index (χ3n) is 6.39. The van der Waals surface area contributed by atoms with Crippen molar-refractivity contribution in [2.24, 2.45) is 5.92 Å². The first-order chi connectivity index (χ1) is 14.4. The van der Waals surface area contributed by atoms with E-state index < -0.39 is 22.8 Å². The van der Waals surface area contributed by atoms with Crippen LogP contribution in [0.3, 0.4) is 0 Å². The number of nitrogens with two attached hydrogens (primary N) is 1. The molecule has 4 rings (SSSR count). The number of ether oxygens (including phenoxy) is 1. The number of pyridine rings is 1. The highest BCUT2D eigenvalue weighted by Gasteiger charge is 2.30. The minimum atomic E-state index is -1.37. The fourth-order valence-electron chi connectivity index (χ4n) is 4.74. The summed E-state index contributed by atoms with van der Waals surface area (Å²) >= 11 is 0. The summed E-state index contributed by atoms with van der Waals surface area (Å²) in [5.74, 6) is -1.17. The van der Waals surface area contributed by atoms with E-state index in [0.29, 0.717) is 12.1 Å². The van der Waals surface area contributed by atoms with E-state index in [4.69, 9.17) is 10.5 Å². The number of anilines is 2. The molecule has 0 bridgehead atoms. The van der Waals surface area contributed by atoms with Crippen LogP contribution in [0.4, 0.5) is 15.8 Å². The van der Waals surface area contributed by atoms with Gasteiger partial charge in [0, 0.05) is 12.7 Å². The minimum Gasteiger partial charge on any atom is -0.487 e. The Morgan fingerprint density at radius 3 is 2.80 bits per heavy atom. The Morgan fingerprint density at radius 1 is 1.37 bits per heavy atom. The van der Waals surface area contributed by atoms with Crippen molar-refractivity contribution in [2.45, 2.75) is 57.9 Å². The fourth-order valence-corrected chi connectivity index (χ4v) is 4.74. The highest BCUT2D eigenvalue weighted by Crippen LogP contribution is 2.43. The van der Waals surface area contributed by atoms with Gasteiger partial charge in [-0.05, 0) is 25.7 Å². The molecule has 162 valence electrons. The second-order valence-electron chi connectivity index (χ2n) is 8.47. The Hall–Kier alpha value is -2.77. The van der Waals surface area contributed by atoms with E-state index in [2.05, 4.69) is 5.32 Å². The monoisotopic (exact) mass is 417 g/mol. The summed E-state index contributed by atoms with van der Waals surface area (Å²) in [6.45, 7) is 2.65. The molecule has 2 aromatic rings. The van der Waals surface area contributed by atoms with Crippen molar-refractivity contribution in [2.75, 3.05) is 24.2 Å². The lowest BCUT2D eigenvalue weighted by Crippen LogP contribution is -2.28. The van der Waals surface area contributed by atoms with Gasteiger partial charge in [-0.25, -0.2) is 9.18 Å². The lowest BCUT2D eigenvalue weighted by Gasteiger charge is -2.29. The normalized spacial score (nSPS) is 18.9. The van der Waals surface area contributed by atoms with Gasteiger partial charge in [-0.3, -0.25) is 4.79 Å². The molecule has 1 atom stereocenters. The number of aromatic nitrogens is 1. The standard InChI is InChI=1S/C22H28FN3O4/c1-12-11-30-21-18(25-9-5-8-13-6-3-2-4-7-13)16(23)17(24)15-19(21)26(12)10-14(20(15)27)22(28)29/h10,12-13,25H,2-9,11,24H2,1H3,(H,28,29)/t12-/m0/s1. The Balaban J connectivity index is 1.70. The molecule has 7 nitrogen and oxygen atoms in total. The van der Waals surface area contributed by atoms with Gasteiger partial charge in [-0.2, -0.15) is 0 Å². The van der Waals surface area contributed by atoms with Crippen molar-refractivity contribution in [3.8, 4) is 5.75 Å². The number of nitrogens with zero attached hydrogens (tertiary/aromatic N) is 1. The molecule has 1 aliphatic heterocycles. The zero-order valence-corrected chi connectivity index (χ0v) is 17.2. The average molecular weight is 417 g/mol. The maximum Gasteiger partial charge on any atom is 0.341 e. The molecule has 0 amide bonds. The van der Waals surface area contributed by atoms with Crippen LogP contribution >= 0.6 is 0 Å². The number of aromatic carboxylic acids is 1. The number of rotatable bonds is 6. The molecule has 0 radical (unpaired) electrons. The summed E-state index contributed by atoms with van der Waals surface area (Å²) in [5.41, 5.74) is 4.91. The fraction of sp³-hybridized carbons (Fsp3) is 0.545. The maximum atomic E-state index is 15.2. The summed E-state index contributed by atoms with van der Waals surface area (Å²) < 4.78 is 22.6. The molecule has 1 fully saturated rings. The molecule has 8 heteroatoms. The van der Waals surface area contributed by atoms with E-state index >= 15 is 4.39 Å². The first-order valence-corrected chi connectivity index (χ1v) is 10.7. The summed E-state index contributed by atoms with van der Waals surface area (Å²) in [6.07, 6.45) is 9.73. The summed E-state index contributed by atoms with van der Waals surface area (Å²) in [4.78, 5) is 24.2. The Morgan fingerprint density at radius 2 is 2.10 bits per heavy atom. The van der Waals surface area contributed by atoms with E-state index in [1.54, 1.807) is 4.57 Å². The van der Waals surface area contributed by atoms with E-state index in [1.165, 1.54) is 38.3 Å². The van der Waals surface area contributed by atoms with Crippen molar-refractivity contribution < 1.29 is 19.0 Å². The molecule has 1 aliphatic carbocycles. The molecule has 2 heterocycles. The van der Waals surface area contributed by atoms with Gasteiger partial charge in [0.15, 0.2) is 11.6 Å². The SMILES string of the molecule is C[C@H]1COc2c(NCCCC3CCCCC3)c(F)c(N)c3c(=O)c(C(=O)O)cn1c23. The lowest BCUT2D eigenvalue weighted by molar-refractivity contribution is 0.0694. The molecule has 4 N–H and O–H groups in total. The topological polar surface area (TPSA) is 107 Å². The molecule has 0 saturated heterocycles. The number of benzene rings is 1. The van der Waals surface area contributed by atoms with Crippen LogP contribution in [0.1, 0.15) is 68.3 Å². The van der Waals surface area contributed by atoms with Gasteiger partial charge in [0.1, 0.15) is 17.9 Å². The van der Waals surface area contributed by atoms with E-state index in [1.807, 2.05) is 6.92 Å². The van der Waals surface area contributed by atoms with Gasteiger partial charge in [0.05, 0.1) is 22.6 Å². The second-order valence-corrected chi connectivity index (χ2v) is 8.47. The van der Waals surface area contributed by atoms with E-state index in [0.717, 1.165) is 18.8 Å². The van der Waals surface area contributed by atoms with Crippen LogP contribution < -0.4 is 21.2 Å². The smallest absolute Gasteiger partial charge is 0.341 e. The molecule has 0 spiro atoms. The Bertz CT molecular complexity index is 1040. The molecular formula is C22H28FN3O4. The van der Waals surface area contributed by atoms with Crippen molar-refractivity contribution in [1.82, 2.24) is 4.57 Å². The third-order valence-corrected chi connectivity index (χ3v) is 6.39. The van der Waals surface area contributed by atoms with E-state index in [9.17, 15) is 14.7 Å². The zero-order chi connectivity index (χ0) is 21.4. The van der Waals surface area contributed by atoms with Gasteiger partial charge in [-0.1, -0.05) is 32.1 Å². The highest BCUT2D eigenvalue weighted by molar-refractivity contribution is 6.03. The zero-order valence-electron chi connectivity index (χ0n) is 17.2. The predicted octanol–water partition coefficient (Wildman–Crippen LogP) is 4.15. The number of carboxylic acids is 1. The largest absolute Gasteiger partial charge is 0.487 e. The van der Waals surface area contributed by atoms with Crippen LogP contribution in [-0.2, 0) is 0 Å². The average Bonchev–Trinajstić information content (AvgIpc) is 2.73. The molecule has 1 aromatic carbocycles. The first-order valence-electron chi connectivity index (χ1n) is 10.7. The number of carbonyl (C=O) groups is 1. The van der Waals surface area contributed by atoms with Crippen LogP contribution in [0.25, 0.3) is 10.9 Å². The number of carboxylic acid groups (broad SMARTS) is 1. The molecular weight excluding hydrogens is 389 g/mol. The molecule has 2 aliphatic rings. The lowest BCUT2D eigenvalue weighted by atomic mass is 9.86. The highest BCUT2D eigenvalue weighted by atomic mass is 19.1. The number of halogens is 1. The van der Waals surface area contributed by atoms with Crippen molar-refractivity contribution in [3.63, 3.8) is 0 Å². The number of nitrogen functional groups attached to an aromatic ring is 1. The summed E-state index contributed by atoms with van der Waals surface area (Å²) in [7, 11) is 0. The minimum absolute atomic E-state index is 0.137. The van der Waals surface area contributed by atoms with Gasteiger partial charge < -0.3 is 25.5 Å². The third kappa shape index (κ3) is 3.48. The van der Waals surface area contributed by atoms with Crippen molar-refractivity contribution in [3.05, 3.63) is 27.8 Å². The molecule has 30 heavy (non-hydrogen) atoms. The predicted molar refractivity (Wildman–Crippen MR) is 114 cm³/mol. The first kappa shape index (κ1) is 20.5. The van der Waals surface area contributed by atoms with Gasteiger partial charge >= 0.3 is 5.97 Å². The van der Waals surface area contributed by atoms with Gasteiger partial charge in [0.2, 0.25) is 5.43 Å². The van der Waals surface area contributed by atoms with E-state index in [-0.39, 0.29) is 35.2 Å². The van der Waals surface area contributed by atoms with Crippen molar-refractivity contribution in [1.29, 1.82) is 0 Å². The van der Waals surface area contributed by atoms with Crippen LogP contribution in [0.15, 0.2) is 11.0 Å². The second kappa shape index (κ2) is 8.16. The van der Waals surface area contributed by atoms with Gasteiger partial charge in [0.25, 0.3) is 0 Å². The van der Waals surface area contributed by atoms with Crippen molar-refractivity contribution >= 4 is 28.2 Å². The summed E-state index contributed by atoms with van der Waals surface area (Å²) in [6, 6.07) is -0.220. The molecule has 1 aromatic heterocycles. The number of hydrogen-bond acceptors (Lipinski definition) is 5. The number of hydrogen-bond donors (Lipinski definition) is 3. The quantitative estimate of drug-likeness (QED) is 0.482. The van der Waals surface area contributed by atoms with Crippen LogP contribution in [-0.4, -0.2) is 28.8 Å².